The van der Waals surface area contributed by atoms with E-state index >= 15 is 0 Å². The Bertz CT molecular complexity index is 686. The number of carbonyl (C=O) groups excluding carboxylic acids is 2. The zero-order valence-electron chi connectivity index (χ0n) is 12.0. The van der Waals surface area contributed by atoms with Crippen LogP contribution in [0.25, 0.3) is 0 Å². The SMILES string of the molecule is COc1ccc2c(c1OC)C(=O)N1CC(=O)N(CC(=O)O)[C@H]21. The van der Waals surface area contributed by atoms with Crippen LogP contribution in [0.2, 0.25) is 0 Å². The number of hydrogen-bond acceptors (Lipinski definition) is 5. The molecular formula is C14H14N2O6. The highest BCUT2D eigenvalue weighted by atomic mass is 16.5. The van der Waals surface area contributed by atoms with Crippen LogP contribution < -0.4 is 9.47 Å². The first-order valence-electron chi connectivity index (χ1n) is 6.56. The van der Waals surface area contributed by atoms with Crippen LogP contribution in [0.1, 0.15) is 22.1 Å². The van der Waals surface area contributed by atoms with Crippen LogP contribution in [0.15, 0.2) is 12.1 Å². The van der Waals surface area contributed by atoms with Crippen LogP contribution in [-0.4, -0.2) is 60.0 Å². The van der Waals surface area contributed by atoms with E-state index in [-0.39, 0.29) is 18.4 Å². The van der Waals surface area contributed by atoms with Crippen molar-refractivity contribution < 1.29 is 29.0 Å². The lowest BCUT2D eigenvalue weighted by molar-refractivity contribution is -0.143. The van der Waals surface area contributed by atoms with Gasteiger partial charge in [0, 0.05) is 5.56 Å². The van der Waals surface area contributed by atoms with E-state index in [1.807, 2.05) is 0 Å². The summed E-state index contributed by atoms with van der Waals surface area (Å²) < 4.78 is 10.4. The number of benzene rings is 1. The van der Waals surface area contributed by atoms with E-state index in [0.29, 0.717) is 22.6 Å². The number of ether oxygens (including phenoxy) is 2. The number of carboxylic acid groups (broad SMARTS) is 1. The summed E-state index contributed by atoms with van der Waals surface area (Å²) in [6.07, 6.45) is -0.703. The lowest BCUT2D eigenvalue weighted by atomic mass is 10.1. The molecule has 1 N–H and O–H groups in total. The second kappa shape index (κ2) is 4.90. The molecule has 0 saturated carbocycles. The number of rotatable bonds is 4. The van der Waals surface area contributed by atoms with Gasteiger partial charge < -0.3 is 24.4 Å². The van der Waals surface area contributed by atoms with Gasteiger partial charge in [0.15, 0.2) is 11.5 Å². The Kier molecular flexibility index (Phi) is 3.16. The van der Waals surface area contributed by atoms with E-state index in [1.165, 1.54) is 24.0 Å². The fraction of sp³-hybridized carbons (Fsp3) is 0.357. The highest BCUT2D eigenvalue weighted by Gasteiger charge is 2.50. The van der Waals surface area contributed by atoms with E-state index in [9.17, 15) is 14.4 Å². The van der Waals surface area contributed by atoms with Gasteiger partial charge in [-0.1, -0.05) is 6.07 Å². The van der Waals surface area contributed by atoms with Gasteiger partial charge in [-0.15, -0.1) is 0 Å². The molecule has 0 bridgehead atoms. The number of fused-ring (bicyclic) bond motifs is 3. The molecule has 2 aliphatic rings. The van der Waals surface area contributed by atoms with Crippen molar-refractivity contribution in [1.29, 1.82) is 0 Å². The van der Waals surface area contributed by atoms with Crippen molar-refractivity contribution in [3.8, 4) is 11.5 Å². The van der Waals surface area contributed by atoms with Gasteiger partial charge in [0.1, 0.15) is 19.3 Å². The fourth-order valence-electron chi connectivity index (χ4n) is 2.99. The third kappa shape index (κ3) is 1.80. The predicted molar refractivity (Wildman–Crippen MR) is 72.7 cm³/mol. The van der Waals surface area contributed by atoms with Crippen LogP contribution in [0, 0.1) is 0 Å². The maximum atomic E-state index is 12.6. The van der Waals surface area contributed by atoms with Crippen LogP contribution in [0.5, 0.6) is 11.5 Å². The van der Waals surface area contributed by atoms with Gasteiger partial charge in [0.2, 0.25) is 5.91 Å². The molecule has 8 nitrogen and oxygen atoms in total. The summed E-state index contributed by atoms with van der Waals surface area (Å²) >= 11 is 0. The lowest BCUT2D eigenvalue weighted by Gasteiger charge is -2.23. The minimum atomic E-state index is -1.13. The topological polar surface area (TPSA) is 96.4 Å². The van der Waals surface area contributed by atoms with Crippen LogP contribution in [0.4, 0.5) is 0 Å². The van der Waals surface area contributed by atoms with Crippen LogP contribution in [0.3, 0.4) is 0 Å². The Balaban J connectivity index is 2.12. The van der Waals surface area contributed by atoms with E-state index in [4.69, 9.17) is 14.6 Å². The molecule has 3 rings (SSSR count). The monoisotopic (exact) mass is 306 g/mol. The van der Waals surface area contributed by atoms with Crippen molar-refractivity contribution >= 4 is 17.8 Å². The minimum absolute atomic E-state index is 0.142. The average molecular weight is 306 g/mol. The smallest absolute Gasteiger partial charge is 0.323 e. The number of aliphatic carboxylic acids is 1. The molecule has 2 amide bonds. The van der Waals surface area contributed by atoms with Crippen molar-refractivity contribution in [1.82, 2.24) is 9.80 Å². The first kappa shape index (κ1) is 14.2. The maximum absolute atomic E-state index is 12.6. The summed E-state index contributed by atoms with van der Waals surface area (Å²) in [5, 5.41) is 8.97. The van der Waals surface area contributed by atoms with E-state index in [0.717, 1.165) is 0 Å². The van der Waals surface area contributed by atoms with Crippen molar-refractivity contribution in [3.05, 3.63) is 23.3 Å². The Hall–Kier alpha value is -2.77. The summed E-state index contributed by atoms with van der Waals surface area (Å²) in [6, 6.07) is 3.29. The molecule has 22 heavy (non-hydrogen) atoms. The third-order valence-corrected chi connectivity index (χ3v) is 3.85. The molecule has 1 aromatic carbocycles. The Morgan fingerprint density at radius 2 is 2.05 bits per heavy atom. The quantitative estimate of drug-likeness (QED) is 0.846. The molecular weight excluding hydrogens is 292 g/mol. The van der Waals surface area contributed by atoms with E-state index in [1.54, 1.807) is 12.1 Å². The second-order valence-electron chi connectivity index (χ2n) is 4.99. The summed E-state index contributed by atoms with van der Waals surface area (Å²) in [5.41, 5.74) is 0.865. The Morgan fingerprint density at radius 1 is 1.32 bits per heavy atom. The van der Waals surface area contributed by atoms with Crippen LogP contribution in [-0.2, 0) is 9.59 Å². The van der Waals surface area contributed by atoms with E-state index in [2.05, 4.69) is 0 Å². The molecule has 1 saturated heterocycles. The molecule has 0 aromatic heterocycles. The minimum Gasteiger partial charge on any atom is -0.493 e. The molecule has 0 spiro atoms. The molecule has 1 aromatic rings. The summed E-state index contributed by atoms with van der Waals surface area (Å²) in [7, 11) is 2.89. The summed E-state index contributed by atoms with van der Waals surface area (Å²) in [5.74, 6) is -1.18. The van der Waals surface area contributed by atoms with Crippen molar-refractivity contribution in [2.45, 2.75) is 6.17 Å². The predicted octanol–water partition coefficient (Wildman–Crippen LogP) is 0.0850. The molecule has 0 aliphatic carbocycles. The standard InChI is InChI=1S/C14H14N2O6/c1-21-8-4-3-7-11(12(8)22-2)14(20)16-5-9(17)15(13(7)16)6-10(18)19/h3-4,13H,5-6H2,1-2H3,(H,18,19)/t13-/m0/s1. The first-order valence-corrected chi connectivity index (χ1v) is 6.56. The third-order valence-electron chi connectivity index (χ3n) is 3.85. The lowest BCUT2D eigenvalue weighted by Crippen LogP contribution is -2.34. The van der Waals surface area contributed by atoms with Gasteiger partial charge in [0.25, 0.3) is 5.91 Å². The normalized spacial score (nSPS) is 19.3. The fourth-order valence-corrected chi connectivity index (χ4v) is 2.99. The second-order valence-corrected chi connectivity index (χ2v) is 4.99. The molecule has 8 heteroatoms. The molecule has 1 fully saturated rings. The number of amides is 2. The zero-order chi connectivity index (χ0) is 16.0. The largest absolute Gasteiger partial charge is 0.493 e. The van der Waals surface area contributed by atoms with Crippen LogP contribution >= 0.6 is 0 Å². The number of carboxylic acids is 1. The highest BCUT2D eigenvalue weighted by Crippen LogP contribution is 2.46. The van der Waals surface area contributed by atoms with Crippen molar-refractivity contribution in [2.24, 2.45) is 0 Å². The number of carbonyl (C=O) groups is 3. The van der Waals surface area contributed by atoms with Gasteiger partial charge in [-0.25, -0.2) is 0 Å². The number of nitrogens with zero attached hydrogens (tertiary/aromatic N) is 2. The van der Waals surface area contributed by atoms with Crippen molar-refractivity contribution in [2.75, 3.05) is 27.3 Å². The highest BCUT2D eigenvalue weighted by molar-refractivity contribution is 6.06. The van der Waals surface area contributed by atoms with Gasteiger partial charge in [-0.3, -0.25) is 14.4 Å². The molecule has 0 radical (unpaired) electrons. The number of hydrogen-bond donors (Lipinski definition) is 1. The molecule has 116 valence electrons. The maximum Gasteiger partial charge on any atom is 0.323 e. The van der Waals surface area contributed by atoms with Gasteiger partial charge in [-0.2, -0.15) is 0 Å². The van der Waals surface area contributed by atoms with Gasteiger partial charge in [-0.05, 0) is 6.07 Å². The summed E-state index contributed by atoms with van der Waals surface area (Å²) in [6.45, 7) is -0.599. The molecule has 1 atom stereocenters. The van der Waals surface area contributed by atoms with Crippen molar-refractivity contribution in [3.63, 3.8) is 0 Å². The molecule has 2 aliphatic heterocycles. The molecule has 2 heterocycles. The zero-order valence-corrected chi connectivity index (χ0v) is 12.0. The van der Waals surface area contributed by atoms with Gasteiger partial charge >= 0.3 is 5.97 Å². The molecule has 0 unspecified atom stereocenters. The Morgan fingerprint density at radius 3 is 2.64 bits per heavy atom. The number of methoxy groups -OCH3 is 2. The average Bonchev–Trinajstić information content (AvgIpc) is 2.94. The Labute approximate surface area is 125 Å². The summed E-state index contributed by atoms with van der Waals surface area (Å²) in [4.78, 5) is 38.0. The van der Waals surface area contributed by atoms with Gasteiger partial charge in [0.05, 0.1) is 19.8 Å². The van der Waals surface area contributed by atoms with E-state index < -0.39 is 18.7 Å². The first-order chi connectivity index (χ1) is 10.5.